The van der Waals surface area contributed by atoms with Crippen molar-refractivity contribution in [3.63, 3.8) is 0 Å². The van der Waals surface area contributed by atoms with Crippen LogP contribution < -0.4 is 15.4 Å². The fraction of sp³-hybridized carbons (Fsp3) is 0.0952. The van der Waals surface area contributed by atoms with Gasteiger partial charge in [0.25, 0.3) is 0 Å². The molecule has 2 aromatic heterocycles. The molecule has 2 N–H and O–H groups in total. The number of benzene rings is 2. The van der Waals surface area contributed by atoms with Gasteiger partial charge in [-0.15, -0.1) is 0 Å². The summed E-state index contributed by atoms with van der Waals surface area (Å²) in [5.41, 5.74) is 2.64. The Labute approximate surface area is 157 Å². The summed E-state index contributed by atoms with van der Waals surface area (Å²) >= 11 is 0. The molecule has 0 aliphatic heterocycles. The molecule has 0 fully saturated rings. The summed E-state index contributed by atoms with van der Waals surface area (Å²) in [6.45, 7) is 1.86. The van der Waals surface area contributed by atoms with E-state index in [2.05, 4.69) is 25.6 Å². The molecule has 0 saturated heterocycles. The molecule has 6 nitrogen and oxygen atoms in total. The van der Waals surface area contributed by atoms with E-state index < -0.39 is 0 Å². The van der Waals surface area contributed by atoms with Crippen LogP contribution in [-0.2, 0) is 0 Å². The second-order valence-corrected chi connectivity index (χ2v) is 6.02. The predicted molar refractivity (Wildman–Crippen MR) is 108 cm³/mol. The van der Waals surface area contributed by atoms with Crippen molar-refractivity contribution in [2.24, 2.45) is 0 Å². The van der Waals surface area contributed by atoms with Crippen LogP contribution >= 0.6 is 0 Å². The summed E-state index contributed by atoms with van der Waals surface area (Å²) in [6.07, 6.45) is 1.79. The molecule has 4 aromatic rings. The van der Waals surface area contributed by atoms with Crippen LogP contribution in [0, 0.1) is 6.92 Å². The van der Waals surface area contributed by atoms with Crippen molar-refractivity contribution in [2.45, 2.75) is 6.92 Å². The fourth-order valence-corrected chi connectivity index (χ4v) is 2.92. The Kier molecular flexibility index (Phi) is 4.53. The van der Waals surface area contributed by atoms with Gasteiger partial charge in [-0.25, -0.2) is 9.97 Å². The summed E-state index contributed by atoms with van der Waals surface area (Å²) in [7, 11) is 1.65. The van der Waals surface area contributed by atoms with Crippen LogP contribution in [0.4, 0.5) is 23.0 Å². The second-order valence-electron chi connectivity index (χ2n) is 6.02. The quantitative estimate of drug-likeness (QED) is 0.533. The topological polar surface area (TPSA) is 72.0 Å². The van der Waals surface area contributed by atoms with Crippen LogP contribution in [0.2, 0.25) is 0 Å². The van der Waals surface area contributed by atoms with E-state index in [9.17, 15) is 0 Å². The zero-order chi connectivity index (χ0) is 18.6. The van der Waals surface area contributed by atoms with Gasteiger partial charge in [0.2, 0.25) is 0 Å². The number of hydrogen-bond donors (Lipinski definition) is 2. The first kappa shape index (κ1) is 16.8. The lowest BCUT2D eigenvalue weighted by molar-refractivity contribution is 0.417. The average molecular weight is 357 g/mol. The van der Waals surface area contributed by atoms with Gasteiger partial charge >= 0.3 is 0 Å². The smallest absolute Gasteiger partial charge is 0.142 e. The number of methoxy groups -OCH3 is 1. The number of aryl methyl sites for hydroxylation is 1. The van der Waals surface area contributed by atoms with Crippen molar-refractivity contribution in [1.29, 1.82) is 0 Å². The highest BCUT2D eigenvalue weighted by molar-refractivity contribution is 5.91. The molecule has 2 heterocycles. The average Bonchev–Trinajstić information content (AvgIpc) is 2.68. The zero-order valence-corrected chi connectivity index (χ0v) is 15.1. The van der Waals surface area contributed by atoms with Gasteiger partial charge in [-0.3, -0.25) is 4.98 Å². The van der Waals surface area contributed by atoms with Gasteiger partial charge in [0.15, 0.2) is 0 Å². The van der Waals surface area contributed by atoms with Crippen molar-refractivity contribution in [3.05, 3.63) is 72.7 Å². The Balaban J connectivity index is 1.66. The first-order valence-corrected chi connectivity index (χ1v) is 8.59. The third-order valence-electron chi connectivity index (χ3n) is 4.10. The van der Waals surface area contributed by atoms with Crippen molar-refractivity contribution < 1.29 is 4.74 Å². The number of pyridine rings is 1. The minimum Gasteiger partial charge on any atom is -0.495 e. The summed E-state index contributed by atoms with van der Waals surface area (Å²) in [6, 6.07) is 19.6. The first-order chi connectivity index (χ1) is 13.2. The summed E-state index contributed by atoms with van der Waals surface area (Å²) in [5.74, 6) is 2.79. The number of aromatic nitrogens is 3. The van der Waals surface area contributed by atoms with Gasteiger partial charge in [0.05, 0.1) is 24.0 Å². The van der Waals surface area contributed by atoms with E-state index in [0.29, 0.717) is 17.5 Å². The Morgan fingerprint density at radius 2 is 1.52 bits per heavy atom. The molecule has 134 valence electrons. The number of fused-ring (bicyclic) bond motifs is 1. The highest BCUT2D eigenvalue weighted by atomic mass is 16.5. The molecule has 0 unspecified atom stereocenters. The van der Waals surface area contributed by atoms with Gasteiger partial charge in [-0.05, 0) is 31.2 Å². The highest BCUT2D eigenvalue weighted by Gasteiger charge is 2.08. The fourth-order valence-electron chi connectivity index (χ4n) is 2.92. The molecule has 0 saturated carbocycles. The summed E-state index contributed by atoms with van der Waals surface area (Å²) in [5, 5.41) is 7.72. The number of para-hydroxylation sites is 3. The lowest BCUT2D eigenvalue weighted by Gasteiger charge is -2.13. The molecule has 0 atom stereocenters. The Morgan fingerprint density at radius 3 is 2.33 bits per heavy atom. The highest BCUT2D eigenvalue weighted by Crippen LogP contribution is 2.28. The van der Waals surface area contributed by atoms with E-state index >= 15 is 0 Å². The van der Waals surface area contributed by atoms with E-state index in [1.165, 1.54) is 0 Å². The van der Waals surface area contributed by atoms with E-state index in [0.717, 1.165) is 28.0 Å². The summed E-state index contributed by atoms with van der Waals surface area (Å²) < 4.78 is 5.39. The summed E-state index contributed by atoms with van der Waals surface area (Å²) in [4.78, 5) is 13.4. The lowest BCUT2D eigenvalue weighted by Crippen LogP contribution is -2.02. The number of rotatable bonds is 5. The van der Waals surface area contributed by atoms with Crippen molar-refractivity contribution in [2.75, 3.05) is 17.7 Å². The third-order valence-corrected chi connectivity index (χ3v) is 4.10. The van der Waals surface area contributed by atoms with Crippen molar-refractivity contribution in [3.8, 4) is 5.75 Å². The molecular formula is C21H19N5O. The van der Waals surface area contributed by atoms with E-state index in [4.69, 9.17) is 4.74 Å². The van der Waals surface area contributed by atoms with Gasteiger partial charge in [-0.2, -0.15) is 0 Å². The van der Waals surface area contributed by atoms with Crippen LogP contribution in [0.25, 0.3) is 10.9 Å². The Morgan fingerprint density at radius 1 is 0.815 bits per heavy atom. The number of hydrogen-bond acceptors (Lipinski definition) is 6. The molecule has 0 aliphatic carbocycles. The molecular weight excluding hydrogens is 338 g/mol. The Bertz CT molecular complexity index is 1090. The Hall–Kier alpha value is -3.67. The van der Waals surface area contributed by atoms with Crippen LogP contribution in [0.3, 0.4) is 0 Å². The molecule has 0 amide bonds. The molecule has 4 rings (SSSR count). The SMILES string of the molecule is COc1ccccc1Nc1cc(Nc2cccc3cccnc23)nc(C)n1. The van der Waals surface area contributed by atoms with Crippen molar-refractivity contribution >= 4 is 33.9 Å². The zero-order valence-electron chi connectivity index (χ0n) is 15.1. The minimum atomic E-state index is 0.658. The first-order valence-electron chi connectivity index (χ1n) is 8.59. The van der Waals surface area contributed by atoms with Gasteiger partial charge < -0.3 is 15.4 Å². The van der Waals surface area contributed by atoms with Gasteiger partial charge in [-0.1, -0.05) is 30.3 Å². The van der Waals surface area contributed by atoms with Crippen LogP contribution in [0.15, 0.2) is 66.9 Å². The van der Waals surface area contributed by atoms with Crippen molar-refractivity contribution in [1.82, 2.24) is 15.0 Å². The van der Waals surface area contributed by atoms with Crippen LogP contribution in [0.1, 0.15) is 5.82 Å². The van der Waals surface area contributed by atoms with Gasteiger partial charge in [0, 0.05) is 17.6 Å². The second kappa shape index (κ2) is 7.29. The number of nitrogens with one attached hydrogen (secondary N) is 2. The lowest BCUT2D eigenvalue weighted by atomic mass is 10.2. The van der Waals surface area contributed by atoms with E-state index in [1.807, 2.05) is 67.6 Å². The van der Waals surface area contributed by atoms with E-state index in [-0.39, 0.29) is 0 Å². The molecule has 0 radical (unpaired) electrons. The standard InChI is InChI=1S/C21H19N5O/c1-14-23-19(25-16-9-3-4-11-18(16)27-2)13-20(24-14)26-17-10-5-7-15-8-6-12-22-21(15)17/h3-13H,1-2H3,(H2,23,24,25,26). The van der Waals surface area contributed by atoms with Crippen LogP contribution in [0.5, 0.6) is 5.75 Å². The molecule has 2 aromatic carbocycles. The van der Waals surface area contributed by atoms with Crippen LogP contribution in [-0.4, -0.2) is 22.1 Å². The number of nitrogens with zero attached hydrogens (tertiary/aromatic N) is 3. The molecule has 6 heteroatoms. The maximum Gasteiger partial charge on any atom is 0.142 e. The maximum atomic E-state index is 5.39. The number of anilines is 4. The van der Waals surface area contributed by atoms with E-state index in [1.54, 1.807) is 13.3 Å². The maximum absolute atomic E-state index is 5.39. The van der Waals surface area contributed by atoms with Gasteiger partial charge in [0.1, 0.15) is 23.2 Å². The molecule has 27 heavy (non-hydrogen) atoms. The molecule has 0 spiro atoms. The monoisotopic (exact) mass is 357 g/mol. The largest absolute Gasteiger partial charge is 0.495 e. The normalized spacial score (nSPS) is 10.6. The number of ether oxygens (including phenoxy) is 1. The minimum absolute atomic E-state index is 0.658. The molecule has 0 bridgehead atoms. The third kappa shape index (κ3) is 3.64. The molecule has 0 aliphatic rings. The predicted octanol–water partition coefficient (Wildman–Crippen LogP) is 4.83.